The molecule has 8 unspecified atom stereocenters. The van der Waals surface area contributed by atoms with Crippen molar-refractivity contribution in [3.05, 3.63) is 12.2 Å². The normalized spacial score (nSPS) is 30.8. The third-order valence-corrected chi connectivity index (χ3v) is 7.89. The first-order chi connectivity index (χ1) is 12.3. The van der Waals surface area contributed by atoms with Crippen LogP contribution in [0.25, 0.3) is 0 Å². The van der Waals surface area contributed by atoms with E-state index in [0.717, 1.165) is 35.5 Å². The summed E-state index contributed by atoms with van der Waals surface area (Å²) in [5, 5.41) is 0. The fourth-order valence-corrected chi connectivity index (χ4v) is 5.92. The zero-order valence-electron chi connectivity index (χ0n) is 19.1. The molecule has 8 atom stereocenters. The average Bonchev–Trinajstić information content (AvgIpc) is 2.92. The minimum atomic E-state index is 0.224. The summed E-state index contributed by atoms with van der Waals surface area (Å²) in [6.45, 7) is 21.0. The van der Waals surface area contributed by atoms with Gasteiger partial charge in [-0.15, -0.1) is 0 Å². The molecule has 1 rings (SSSR count). The van der Waals surface area contributed by atoms with Gasteiger partial charge in [0.05, 0.1) is 0 Å². The van der Waals surface area contributed by atoms with Crippen molar-refractivity contribution in [1.82, 2.24) is 0 Å². The van der Waals surface area contributed by atoms with Gasteiger partial charge < -0.3 is 5.73 Å². The summed E-state index contributed by atoms with van der Waals surface area (Å²) < 4.78 is 0. The van der Waals surface area contributed by atoms with Crippen LogP contribution in [0.15, 0.2) is 12.2 Å². The van der Waals surface area contributed by atoms with Gasteiger partial charge in [-0.25, -0.2) is 0 Å². The standard InChI is InChI=1S/C25H49N/c1-9-12-18(5)24(13-10-2)25-20(7)22(11-3)16-23(25)15-14-17(4)19(6)21(8)26/h18-25H,4,9-16,26H2,1-3,5-8H3. The molecule has 1 aliphatic rings. The Morgan fingerprint density at radius 1 is 1.04 bits per heavy atom. The van der Waals surface area contributed by atoms with Crippen LogP contribution in [0.5, 0.6) is 0 Å². The number of rotatable bonds is 12. The molecule has 154 valence electrons. The van der Waals surface area contributed by atoms with Gasteiger partial charge in [0.2, 0.25) is 0 Å². The molecule has 1 aliphatic carbocycles. The van der Waals surface area contributed by atoms with Crippen molar-refractivity contribution in [2.45, 2.75) is 106 Å². The van der Waals surface area contributed by atoms with Gasteiger partial charge in [0.25, 0.3) is 0 Å². The summed E-state index contributed by atoms with van der Waals surface area (Å²) >= 11 is 0. The summed E-state index contributed by atoms with van der Waals surface area (Å²) in [5.74, 6) is 5.85. The van der Waals surface area contributed by atoms with Crippen LogP contribution in [0.3, 0.4) is 0 Å². The molecule has 0 spiro atoms. The van der Waals surface area contributed by atoms with Gasteiger partial charge in [-0.2, -0.15) is 0 Å². The zero-order valence-corrected chi connectivity index (χ0v) is 19.1. The lowest BCUT2D eigenvalue weighted by Gasteiger charge is -2.37. The molecule has 26 heavy (non-hydrogen) atoms. The Hall–Kier alpha value is -0.300. The van der Waals surface area contributed by atoms with Crippen molar-refractivity contribution in [2.75, 3.05) is 0 Å². The van der Waals surface area contributed by atoms with Crippen LogP contribution in [0, 0.1) is 41.4 Å². The molecule has 1 fully saturated rings. The van der Waals surface area contributed by atoms with E-state index < -0.39 is 0 Å². The van der Waals surface area contributed by atoms with Crippen molar-refractivity contribution in [3.63, 3.8) is 0 Å². The Morgan fingerprint density at radius 3 is 2.15 bits per heavy atom. The largest absolute Gasteiger partial charge is 0.327 e. The predicted molar refractivity (Wildman–Crippen MR) is 118 cm³/mol. The van der Waals surface area contributed by atoms with E-state index in [4.69, 9.17) is 5.73 Å². The van der Waals surface area contributed by atoms with Gasteiger partial charge in [-0.3, -0.25) is 0 Å². The highest BCUT2D eigenvalue weighted by atomic mass is 14.6. The van der Waals surface area contributed by atoms with Crippen molar-refractivity contribution in [2.24, 2.45) is 47.2 Å². The smallest absolute Gasteiger partial charge is 0.00733 e. The zero-order chi connectivity index (χ0) is 19.9. The highest BCUT2D eigenvalue weighted by molar-refractivity contribution is 5.03. The molecule has 0 aliphatic heterocycles. The maximum Gasteiger partial charge on any atom is 0.00733 e. The Labute approximate surface area is 165 Å². The lowest BCUT2D eigenvalue weighted by Crippen LogP contribution is -2.30. The van der Waals surface area contributed by atoms with E-state index in [1.54, 1.807) is 0 Å². The number of hydrogen-bond acceptors (Lipinski definition) is 1. The van der Waals surface area contributed by atoms with Gasteiger partial charge in [0.15, 0.2) is 0 Å². The first kappa shape index (κ1) is 23.7. The van der Waals surface area contributed by atoms with Crippen LogP contribution < -0.4 is 5.73 Å². The second-order valence-corrected chi connectivity index (χ2v) is 9.66. The number of hydrogen-bond donors (Lipinski definition) is 1. The summed E-state index contributed by atoms with van der Waals surface area (Å²) in [6, 6.07) is 0.224. The molecule has 2 N–H and O–H groups in total. The molecule has 0 amide bonds. The minimum absolute atomic E-state index is 0.224. The van der Waals surface area contributed by atoms with Crippen LogP contribution in [0.1, 0.15) is 99.8 Å². The van der Waals surface area contributed by atoms with Crippen molar-refractivity contribution in [1.29, 1.82) is 0 Å². The topological polar surface area (TPSA) is 26.0 Å². The summed E-state index contributed by atoms with van der Waals surface area (Å²) in [7, 11) is 0. The summed E-state index contributed by atoms with van der Waals surface area (Å²) in [4.78, 5) is 0. The monoisotopic (exact) mass is 363 g/mol. The van der Waals surface area contributed by atoms with E-state index in [2.05, 4.69) is 55.0 Å². The quantitative estimate of drug-likeness (QED) is 0.358. The van der Waals surface area contributed by atoms with Crippen molar-refractivity contribution < 1.29 is 0 Å². The van der Waals surface area contributed by atoms with Crippen LogP contribution in [0.2, 0.25) is 0 Å². The van der Waals surface area contributed by atoms with E-state index in [1.807, 2.05) is 0 Å². The second-order valence-electron chi connectivity index (χ2n) is 9.66. The minimum Gasteiger partial charge on any atom is -0.327 e. The predicted octanol–water partition coefficient (Wildman–Crippen LogP) is 7.46. The van der Waals surface area contributed by atoms with Gasteiger partial charge >= 0.3 is 0 Å². The van der Waals surface area contributed by atoms with Gasteiger partial charge in [-0.1, -0.05) is 85.8 Å². The maximum atomic E-state index is 6.11. The van der Waals surface area contributed by atoms with Crippen LogP contribution in [-0.4, -0.2) is 6.04 Å². The lowest BCUT2D eigenvalue weighted by molar-refractivity contribution is 0.127. The van der Waals surface area contributed by atoms with E-state index in [-0.39, 0.29) is 6.04 Å². The first-order valence-corrected chi connectivity index (χ1v) is 11.7. The fraction of sp³-hybridized carbons (Fsp3) is 0.920. The molecule has 0 heterocycles. The molecule has 1 saturated carbocycles. The molecule has 1 nitrogen and oxygen atoms in total. The maximum absolute atomic E-state index is 6.11. The molecular weight excluding hydrogens is 314 g/mol. The fourth-order valence-electron chi connectivity index (χ4n) is 5.92. The molecule has 0 radical (unpaired) electrons. The van der Waals surface area contributed by atoms with Crippen LogP contribution in [0.4, 0.5) is 0 Å². The van der Waals surface area contributed by atoms with Crippen LogP contribution >= 0.6 is 0 Å². The van der Waals surface area contributed by atoms with Crippen LogP contribution in [-0.2, 0) is 0 Å². The molecular formula is C25H49N. The summed E-state index contributed by atoms with van der Waals surface area (Å²) in [6.07, 6.45) is 10.8. The highest BCUT2D eigenvalue weighted by Crippen LogP contribution is 2.52. The Kier molecular flexibility index (Phi) is 10.5. The average molecular weight is 364 g/mol. The van der Waals surface area contributed by atoms with Gasteiger partial charge in [0.1, 0.15) is 0 Å². The van der Waals surface area contributed by atoms with E-state index in [1.165, 1.54) is 56.9 Å². The molecule has 0 saturated heterocycles. The van der Waals surface area contributed by atoms with Crippen molar-refractivity contribution >= 4 is 0 Å². The Balaban J connectivity index is 2.89. The van der Waals surface area contributed by atoms with E-state index in [0.29, 0.717) is 5.92 Å². The molecule has 0 aromatic carbocycles. The second kappa shape index (κ2) is 11.5. The Morgan fingerprint density at radius 2 is 1.65 bits per heavy atom. The highest BCUT2D eigenvalue weighted by Gasteiger charge is 2.44. The first-order valence-electron chi connectivity index (χ1n) is 11.7. The van der Waals surface area contributed by atoms with Gasteiger partial charge in [-0.05, 0) is 67.6 Å². The van der Waals surface area contributed by atoms with E-state index >= 15 is 0 Å². The Bertz CT molecular complexity index is 399. The molecule has 0 bridgehead atoms. The number of nitrogens with two attached hydrogens (primary N) is 1. The SMILES string of the molecule is C=C(CCC1CC(CC)C(C)C1C(CCC)C(C)CCC)C(C)C(C)N. The molecule has 1 heteroatoms. The van der Waals surface area contributed by atoms with Gasteiger partial charge in [0, 0.05) is 6.04 Å². The lowest BCUT2D eigenvalue weighted by atomic mass is 9.69. The molecule has 0 aromatic rings. The van der Waals surface area contributed by atoms with E-state index in [9.17, 15) is 0 Å². The van der Waals surface area contributed by atoms with Crippen molar-refractivity contribution in [3.8, 4) is 0 Å². The third-order valence-electron chi connectivity index (χ3n) is 7.89. The molecule has 0 aromatic heterocycles. The third kappa shape index (κ3) is 6.11. The summed E-state index contributed by atoms with van der Waals surface area (Å²) in [5.41, 5.74) is 7.49.